The Hall–Kier alpha value is -1.86. The third-order valence-electron chi connectivity index (χ3n) is 3.46. The number of fused-ring (bicyclic) bond motifs is 1. The van der Waals surface area contributed by atoms with Crippen LogP contribution in [0.3, 0.4) is 0 Å². The number of aliphatic hydroxyl groups excluding tert-OH is 1. The minimum Gasteiger partial charge on any atom is -0.395 e. The molecule has 1 heterocycles. The number of nitrogens with zero attached hydrogens (tertiary/aromatic N) is 3. The Balaban J connectivity index is 2.84. The number of hydrogen-bond acceptors (Lipinski definition) is 3. The maximum absolute atomic E-state index is 9.66. The first-order valence-corrected chi connectivity index (χ1v) is 6.75. The molecule has 0 radical (unpaired) electrons. The molecule has 4 heteroatoms. The SMILES string of the molecule is CC(C)(CO)c1nc2cc(C#N)ccc2n1C(C)(C)C. The molecule has 0 amide bonds. The van der Waals surface area contributed by atoms with Gasteiger partial charge in [0.05, 0.1) is 29.3 Å². The molecule has 2 rings (SSSR count). The van der Waals surface area contributed by atoms with Crippen LogP contribution in [0.1, 0.15) is 46.0 Å². The van der Waals surface area contributed by atoms with Crippen molar-refractivity contribution in [2.45, 2.75) is 45.6 Å². The molecule has 0 unspecified atom stereocenters. The van der Waals surface area contributed by atoms with E-state index in [1.807, 2.05) is 26.0 Å². The van der Waals surface area contributed by atoms with Crippen molar-refractivity contribution in [3.8, 4) is 6.07 Å². The Kier molecular flexibility index (Phi) is 3.35. The van der Waals surface area contributed by atoms with Gasteiger partial charge in [0.15, 0.2) is 0 Å². The summed E-state index contributed by atoms with van der Waals surface area (Å²) in [6, 6.07) is 7.68. The van der Waals surface area contributed by atoms with E-state index < -0.39 is 5.41 Å². The highest BCUT2D eigenvalue weighted by Gasteiger charge is 2.31. The fourth-order valence-corrected chi connectivity index (χ4v) is 2.35. The van der Waals surface area contributed by atoms with Crippen molar-refractivity contribution in [2.75, 3.05) is 6.61 Å². The summed E-state index contributed by atoms with van der Waals surface area (Å²) in [7, 11) is 0. The molecule has 20 heavy (non-hydrogen) atoms. The van der Waals surface area contributed by atoms with Crippen LogP contribution in [-0.2, 0) is 11.0 Å². The topological polar surface area (TPSA) is 61.8 Å². The van der Waals surface area contributed by atoms with Gasteiger partial charge in [-0.25, -0.2) is 4.98 Å². The highest BCUT2D eigenvalue weighted by molar-refractivity contribution is 5.78. The average Bonchev–Trinajstić information content (AvgIpc) is 2.77. The van der Waals surface area contributed by atoms with Crippen molar-refractivity contribution in [3.63, 3.8) is 0 Å². The molecule has 0 saturated heterocycles. The Bertz CT molecular complexity index is 684. The number of benzene rings is 1. The molecule has 1 aromatic carbocycles. The predicted octanol–water partition coefficient (Wildman–Crippen LogP) is 2.93. The summed E-state index contributed by atoms with van der Waals surface area (Å²) in [5.74, 6) is 0.845. The molecule has 2 aromatic rings. The number of hydrogen-bond donors (Lipinski definition) is 1. The molecule has 0 spiro atoms. The van der Waals surface area contributed by atoms with Crippen LogP contribution in [0.15, 0.2) is 18.2 Å². The van der Waals surface area contributed by atoms with Gasteiger partial charge in [-0.3, -0.25) is 0 Å². The van der Waals surface area contributed by atoms with Crippen LogP contribution in [0.4, 0.5) is 0 Å². The van der Waals surface area contributed by atoms with Crippen molar-refractivity contribution in [3.05, 3.63) is 29.6 Å². The maximum atomic E-state index is 9.66. The zero-order chi connectivity index (χ0) is 15.1. The lowest BCUT2D eigenvalue weighted by molar-refractivity contribution is 0.202. The fraction of sp³-hybridized carbons (Fsp3) is 0.500. The second kappa shape index (κ2) is 4.60. The smallest absolute Gasteiger partial charge is 0.118 e. The Labute approximate surface area is 119 Å². The lowest BCUT2D eigenvalue weighted by atomic mass is 9.92. The van der Waals surface area contributed by atoms with Gasteiger partial charge in [0, 0.05) is 11.0 Å². The van der Waals surface area contributed by atoms with E-state index in [-0.39, 0.29) is 12.1 Å². The minimum atomic E-state index is -0.431. The summed E-state index contributed by atoms with van der Waals surface area (Å²) in [5.41, 5.74) is 1.82. The fourth-order valence-electron chi connectivity index (χ4n) is 2.35. The van der Waals surface area contributed by atoms with Gasteiger partial charge in [0.25, 0.3) is 0 Å². The molecule has 1 N–H and O–H groups in total. The molecule has 0 fully saturated rings. The van der Waals surface area contributed by atoms with Gasteiger partial charge >= 0.3 is 0 Å². The summed E-state index contributed by atoms with van der Waals surface area (Å²) in [6.07, 6.45) is 0. The minimum absolute atomic E-state index is 0.0253. The van der Waals surface area contributed by atoms with Crippen LogP contribution in [0.5, 0.6) is 0 Å². The molecule has 1 aromatic heterocycles. The predicted molar refractivity (Wildman–Crippen MR) is 79.6 cm³/mol. The maximum Gasteiger partial charge on any atom is 0.118 e. The van der Waals surface area contributed by atoms with E-state index >= 15 is 0 Å². The van der Waals surface area contributed by atoms with Gasteiger partial charge in [0.2, 0.25) is 0 Å². The lowest BCUT2D eigenvalue weighted by Gasteiger charge is -2.30. The van der Waals surface area contributed by atoms with Crippen LogP contribution in [0.25, 0.3) is 11.0 Å². The second-order valence-corrected chi connectivity index (χ2v) is 6.80. The van der Waals surface area contributed by atoms with E-state index in [1.165, 1.54) is 0 Å². The van der Waals surface area contributed by atoms with E-state index in [4.69, 9.17) is 5.26 Å². The van der Waals surface area contributed by atoms with Gasteiger partial charge in [-0.2, -0.15) is 5.26 Å². The number of aromatic nitrogens is 2. The Morgan fingerprint density at radius 1 is 1.25 bits per heavy atom. The summed E-state index contributed by atoms with van der Waals surface area (Å²) >= 11 is 0. The molecule has 0 bridgehead atoms. The summed E-state index contributed by atoms with van der Waals surface area (Å²) < 4.78 is 2.15. The third-order valence-corrected chi connectivity index (χ3v) is 3.46. The van der Waals surface area contributed by atoms with Crippen molar-refractivity contribution in [1.82, 2.24) is 9.55 Å². The average molecular weight is 271 g/mol. The van der Waals surface area contributed by atoms with Crippen LogP contribution in [0.2, 0.25) is 0 Å². The summed E-state index contributed by atoms with van der Waals surface area (Å²) in [4.78, 5) is 4.68. The van der Waals surface area contributed by atoms with Gasteiger partial charge in [0.1, 0.15) is 5.82 Å². The zero-order valence-corrected chi connectivity index (χ0v) is 12.7. The van der Waals surface area contributed by atoms with Gasteiger partial charge in [-0.1, -0.05) is 13.8 Å². The first-order chi connectivity index (χ1) is 9.20. The summed E-state index contributed by atoms with van der Waals surface area (Å²) in [5, 5.41) is 18.7. The molecular weight excluding hydrogens is 250 g/mol. The van der Waals surface area contributed by atoms with E-state index in [0.29, 0.717) is 5.56 Å². The molecule has 0 aliphatic rings. The second-order valence-electron chi connectivity index (χ2n) is 6.80. The first kappa shape index (κ1) is 14.5. The number of nitriles is 1. The van der Waals surface area contributed by atoms with Crippen LogP contribution in [-0.4, -0.2) is 21.3 Å². The normalized spacial score (nSPS) is 12.7. The van der Waals surface area contributed by atoms with E-state index in [0.717, 1.165) is 16.9 Å². The van der Waals surface area contributed by atoms with Gasteiger partial charge < -0.3 is 9.67 Å². The van der Waals surface area contributed by atoms with Crippen molar-refractivity contribution in [1.29, 1.82) is 5.26 Å². The molecule has 0 aliphatic carbocycles. The van der Waals surface area contributed by atoms with Crippen molar-refractivity contribution in [2.24, 2.45) is 0 Å². The van der Waals surface area contributed by atoms with E-state index in [1.54, 1.807) is 6.07 Å². The Morgan fingerprint density at radius 2 is 1.90 bits per heavy atom. The largest absolute Gasteiger partial charge is 0.395 e. The highest BCUT2D eigenvalue weighted by Crippen LogP contribution is 2.32. The quantitative estimate of drug-likeness (QED) is 0.913. The third kappa shape index (κ3) is 2.30. The van der Waals surface area contributed by atoms with Crippen molar-refractivity contribution < 1.29 is 5.11 Å². The monoisotopic (exact) mass is 271 g/mol. The molecular formula is C16H21N3O. The molecule has 0 aliphatic heterocycles. The first-order valence-electron chi connectivity index (χ1n) is 6.75. The molecule has 0 atom stereocenters. The number of aliphatic hydroxyl groups is 1. The number of rotatable bonds is 2. The van der Waals surface area contributed by atoms with Crippen LogP contribution >= 0.6 is 0 Å². The standard InChI is InChI=1S/C16H21N3O/c1-15(2,3)19-13-7-6-11(9-17)8-12(13)18-14(19)16(4,5)10-20/h6-8,20H,10H2,1-5H3. The molecule has 4 nitrogen and oxygen atoms in total. The van der Waals surface area contributed by atoms with Gasteiger partial charge in [-0.15, -0.1) is 0 Å². The van der Waals surface area contributed by atoms with Crippen LogP contribution in [0, 0.1) is 11.3 Å². The lowest BCUT2D eigenvalue weighted by Crippen LogP contribution is -2.33. The molecule has 0 saturated carbocycles. The van der Waals surface area contributed by atoms with Crippen molar-refractivity contribution >= 4 is 11.0 Å². The van der Waals surface area contributed by atoms with Crippen LogP contribution < -0.4 is 0 Å². The zero-order valence-electron chi connectivity index (χ0n) is 12.7. The highest BCUT2D eigenvalue weighted by atomic mass is 16.3. The molecule has 106 valence electrons. The number of imidazole rings is 1. The van der Waals surface area contributed by atoms with Gasteiger partial charge in [-0.05, 0) is 39.0 Å². The van der Waals surface area contributed by atoms with E-state index in [9.17, 15) is 5.11 Å². The summed E-state index contributed by atoms with van der Waals surface area (Å²) in [6.45, 7) is 10.3. The Morgan fingerprint density at radius 3 is 2.40 bits per heavy atom. The van der Waals surface area contributed by atoms with E-state index in [2.05, 4.69) is 36.4 Å².